The van der Waals surface area contributed by atoms with Crippen molar-refractivity contribution in [1.82, 2.24) is 4.98 Å². The number of aryl methyl sites for hydroxylation is 2. The van der Waals surface area contributed by atoms with E-state index in [1.165, 1.54) is 5.56 Å². The minimum atomic E-state index is -0.589. The lowest BCUT2D eigenvalue weighted by Crippen LogP contribution is -2.02. The van der Waals surface area contributed by atoms with E-state index >= 15 is 0 Å². The Labute approximate surface area is 95.6 Å². The molecule has 1 heterocycles. The van der Waals surface area contributed by atoms with Crippen LogP contribution >= 0.6 is 0 Å². The van der Waals surface area contributed by atoms with Gasteiger partial charge in [-0.3, -0.25) is 4.98 Å². The number of rotatable bonds is 2. The minimum absolute atomic E-state index is 0.589. The first-order chi connectivity index (χ1) is 7.68. The van der Waals surface area contributed by atoms with Gasteiger partial charge in [-0.15, -0.1) is 0 Å². The zero-order valence-electron chi connectivity index (χ0n) is 9.51. The fourth-order valence-corrected chi connectivity index (χ4v) is 1.69. The first-order valence-electron chi connectivity index (χ1n) is 5.33. The Balaban J connectivity index is 2.35. The second-order valence-electron chi connectivity index (χ2n) is 4.05. The first kappa shape index (κ1) is 10.8. The molecule has 0 radical (unpaired) electrons. The van der Waals surface area contributed by atoms with Crippen molar-refractivity contribution in [1.29, 1.82) is 0 Å². The minimum Gasteiger partial charge on any atom is -0.384 e. The number of hydrogen-bond acceptors (Lipinski definition) is 2. The number of aromatic nitrogens is 1. The summed E-state index contributed by atoms with van der Waals surface area (Å²) < 4.78 is 0. The molecule has 0 aliphatic carbocycles. The lowest BCUT2D eigenvalue weighted by Gasteiger charge is -2.13. The molecule has 0 fully saturated rings. The van der Waals surface area contributed by atoms with Crippen LogP contribution in [0.1, 0.15) is 28.4 Å². The van der Waals surface area contributed by atoms with Crippen molar-refractivity contribution in [2.24, 2.45) is 0 Å². The van der Waals surface area contributed by atoms with Gasteiger partial charge in [-0.05, 0) is 31.0 Å². The van der Waals surface area contributed by atoms with Crippen molar-refractivity contribution in [3.63, 3.8) is 0 Å². The monoisotopic (exact) mass is 213 g/mol. The topological polar surface area (TPSA) is 33.1 Å². The SMILES string of the molecule is Cc1ccc(C(O)c2cnccc2C)cc1. The Bertz CT molecular complexity index is 476. The third kappa shape index (κ3) is 2.12. The maximum atomic E-state index is 10.2. The molecule has 0 bridgehead atoms. The van der Waals surface area contributed by atoms with Crippen molar-refractivity contribution >= 4 is 0 Å². The fourth-order valence-electron chi connectivity index (χ4n) is 1.69. The molecule has 2 heteroatoms. The van der Waals surface area contributed by atoms with Crippen molar-refractivity contribution < 1.29 is 5.11 Å². The molecule has 1 aromatic carbocycles. The van der Waals surface area contributed by atoms with Crippen molar-refractivity contribution in [2.45, 2.75) is 20.0 Å². The Hall–Kier alpha value is -1.67. The largest absolute Gasteiger partial charge is 0.384 e. The number of aliphatic hydroxyl groups is 1. The molecule has 16 heavy (non-hydrogen) atoms. The Kier molecular flexibility index (Phi) is 3.02. The molecule has 0 aliphatic rings. The summed E-state index contributed by atoms with van der Waals surface area (Å²) in [4.78, 5) is 4.05. The van der Waals surface area contributed by atoms with Gasteiger partial charge in [0.05, 0.1) is 0 Å². The second kappa shape index (κ2) is 4.45. The van der Waals surface area contributed by atoms with Crippen LogP contribution in [0.25, 0.3) is 0 Å². The molecule has 82 valence electrons. The molecule has 0 amide bonds. The smallest absolute Gasteiger partial charge is 0.106 e. The average Bonchev–Trinajstić information content (AvgIpc) is 2.30. The summed E-state index contributed by atoms with van der Waals surface area (Å²) >= 11 is 0. The van der Waals surface area contributed by atoms with Crippen LogP contribution in [0, 0.1) is 13.8 Å². The summed E-state index contributed by atoms with van der Waals surface area (Å²) in [6.07, 6.45) is 2.87. The normalized spacial score (nSPS) is 12.4. The maximum Gasteiger partial charge on any atom is 0.106 e. The Morgan fingerprint density at radius 2 is 1.75 bits per heavy atom. The Morgan fingerprint density at radius 1 is 1.06 bits per heavy atom. The van der Waals surface area contributed by atoms with E-state index in [4.69, 9.17) is 0 Å². The number of nitrogens with zero attached hydrogens (tertiary/aromatic N) is 1. The number of pyridine rings is 1. The highest BCUT2D eigenvalue weighted by Crippen LogP contribution is 2.23. The van der Waals surface area contributed by atoms with E-state index in [0.717, 1.165) is 16.7 Å². The van der Waals surface area contributed by atoms with Crippen LogP contribution in [0.4, 0.5) is 0 Å². The van der Waals surface area contributed by atoms with Crippen LogP contribution in [0.3, 0.4) is 0 Å². The lowest BCUT2D eigenvalue weighted by atomic mass is 9.99. The highest BCUT2D eigenvalue weighted by Gasteiger charge is 2.12. The highest BCUT2D eigenvalue weighted by atomic mass is 16.3. The van der Waals surface area contributed by atoms with Gasteiger partial charge in [0.1, 0.15) is 6.10 Å². The molecule has 1 atom stereocenters. The molecule has 0 spiro atoms. The molecule has 2 aromatic rings. The van der Waals surface area contributed by atoms with Gasteiger partial charge in [0.15, 0.2) is 0 Å². The molecule has 2 rings (SSSR count). The predicted octanol–water partition coefficient (Wildman–Crippen LogP) is 2.78. The van der Waals surface area contributed by atoms with Crippen LogP contribution in [-0.4, -0.2) is 10.1 Å². The molecule has 0 aliphatic heterocycles. The van der Waals surface area contributed by atoms with Crippen molar-refractivity contribution in [3.8, 4) is 0 Å². The lowest BCUT2D eigenvalue weighted by molar-refractivity contribution is 0.219. The van der Waals surface area contributed by atoms with E-state index in [0.29, 0.717) is 0 Å². The summed E-state index contributed by atoms with van der Waals surface area (Å²) in [7, 11) is 0. The van der Waals surface area contributed by atoms with Gasteiger partial charge in [-0.1, -0.05) is 29.8 Å². The summed E-state index contributed by atoms with van der Waals surface area (Å²) in [5, 5.41) is 10.2. The third-order valence-corrected chi connectivity index (χ3v) is 2.77. The van der Waals surface area contributed by atoms with Crippen molar-refractivity contribution in [2.75, 3.05) is 0 Å². The van der Waals surface area contributed by atoms with E-state index in [1.54, 1.807) is 12.4 Å². The molecular weight excluding hydrogens is 198 g/mol. The van der Waals surface area contributed by atoms with Gasteiger partial charge in [0.2, 0.25) is 0 Å². The third-order valence-electron chi connectivity index (χ3n) is 2.77. The van der Waals surface area contributed by atoms with Gasteiger partial charge < -0.3 is 5.11 Å². The molecule has 1 aromatic heterocycles. The highest BCUT2D eigenvalue weighted by molar-refractivity contribution is 5.34. The van der Waals surface area contributed by atoms with E-state index in [2.05, 4.69) is 4.98 Å². The summed E-state index contributed by atoms with van der Waals surface area (Å²) in [5.74, 6) is 0. The zero-order valence-corrected chi connectivity index (χ0v) is 9.51. The van der Waals surface area contributed by atoms with E-state index in [9.17, 15) is 5.11 Å². The van der Waals surface area contributed by atoms with Crippen LogP contribution in [-0.2, 0) is 0 Å². The average molecular weight is 213 g/mol. The molecule has 0 saturated heterocycles. The van der Waals surface area contributed by atoms with Gasteiger partial charge in [-0.2, -0.15) is 0 Å². The van der Waals surface area contributed by atoms with Gasteiger partial charge >= 0.3 is 0 Å². The van der Waals surface area contributed by atoms with Crippen molar-refractivity contribution in [3.05, 3.63) is 65.0 Å². The summed E-state index contributed by atoms with van der Waals surface area (Å²) in [5.41, 5.74) is 4.02. The van der Waals surface area contributed by atoms with Crippen LogP contribution in [0.15, 0.2) is 42.7 Å². The maximum absolute atomic E-state index is 10.2. The second-order valence-corrected chi connectivity index (χ2v) is 4.05. The number of aliphatic hydroxyl groups excluding tert-OH is 1. The van der Waals surface area contributed by atoms with Gasteiger partial charge in [-0.25, -0.2) is 0 Å². The fraction of sp³-hybridized carbons (Fsp3) is 0.214. The van der Waals surface area contributed by atoms with Crippen LogP contribution in [0.2, 0.25) is 0 Å². The predicted molar refractivity (Wildman–Crippen MR) is 64.2 cm³/mol. The first-order valence-corrected chi connectivity index (χ1v) is 5.33. The Morgan fingerprint density at radius 3 is 2.38 bits per heavy atom. The van der Waals surface area contributed by atoms with Crippen LogP contribution in [0.5, 0.6) is 0 Å². The molecule has 2 nitrogen and oxygen atoms in total. The standard InChI is InChI=1S/C14H15NO/c1-10-3-5-12(6-4-10)14(16)13-9-15-8-7-11(13)2/h3-9,14,16H,1-2H3. The van der Waals surface area contributed by atoms with E-state index in [1.807, 2.05) is 44.2 Å². The summed E-state index contributed by atoms with van der Waals surface area (Å²) in [6, 6.07) is 9.82. The van der Waals surface area contributed by atoms with Gasteiger partial charge in [0, 0.05) is 18.0 Å². The van der Waals surface area contributed by atoms with Crippen LogP contribution < -0.4 is 0 Å². The molecule has 0 saturated carbocycles. The number of hydrogen-bond donors (Lipinski definition) is 1. The summed E-state index contributed by atoms with van der Waals surface area (Å²) in [6.45, 7) is 4.01. The molecule has 1 N–H and O–H groups in total. The molecule has 1 unspecified atom stereocenters. The van der Waals surface area contributed by atoms with Gasteiger partial charge in [0.25, 0.3) is 0 Å². The number of benzene rings is 1. The molecular formula is C14H15NO. The quantitative estimate of drug-likeness (QED) is 0.832. The van der Waals surface area contributed by atoms with E-state index < -0.39 is 6.10 Å². The van der Waals surface area contributed by atoms with E-state index in [-0.39, 0.29) is 0 Å². The zero-order chi connectivity index (χ0) is 11.5.